The summed E-state index contributed by atoms with van der Waals surface area (Å²) in [6.07, 6.45) is 0.891. The molecule has 0 bridgehead atoms. The number of benzene rings is 1. The van der Waals surface area contributed by atoms with E-state index in [1.54, 1.807) is 6.07 Å². The lowest BCUT2D eigenvalue weighted by Crippen LogP contribution is -2.32. The fraction of sp³-hybridized carbons (Fsp3) is 0.333. The first kappa shape index (κ1) is 17.2. The van der Waals surface area contributed by atoms with Gasteiger partial charge in [0.15, 0.2) is 0 Å². The van der Waals surface area contributed by atoms with Gasteiger partial charge in [-0.05, 0) is 55.0 Å². The summed E-state index contributed by atoms with van der Waals surface area (Å²) in [5.41, 5.74) is 2.50. The first-order valence-electron chi connectivity index (χ1n) is 7.73. The first-order chi connectivity index (χ1) is 11.0. The van der Waals surface area contributed by atoms with E-state index in [1.807, 2.05) is 50.4 Å². The quantitative estimate of drug-likeness (QED) is 0.851. The Morgan fingerprint density at radius 1 is 1.22 bits per heavy atom. The predicted octanol–water partition coefficient (Wildman–Crippen LogP) is 3.51. The molecule has 0 aliphatic rings. The lowest BCUT2D eigenvalue weighted by molar-refractivity contribution is 0.0937. The molecule has 1 heterocycles. The van der Waals surface area contributed by atoms with Crippen LogP contribution in [0.5, 0.6) is 0 Å². The second-order valence-corrected chi connectivity index (χ2v) is 6.51. The highest BCUT2D eigenvalue weighted by atomic mass is 32.1. The van der Waals surface area contributed by atoms with Gasteiger partial charge in [0, 0.05) is 18.2 Å². The summed E-state index contributed by atoms with van der Waals surface area (Å²) in [6.45, 7) is 6.33. The maximum Gasteiger partial charge on any atom is 0.261 e. The third-order valence-corrected chi connectivity index (χ3v) is 4.72. The Hall–Kier alpha value is -2.14. The lowest BCUT2D eigenvalue weighted by Gasteiger charge is -2.12. The molecule has 0 fully saturated rings. The molecule has 1 unspecified atom stereocenters. The monoisotopic (exact) mass is 330 g/mol. The number of hydrogen-bond acceptors (Lipinski definition) is 3. The van der Waals surface area contributed by atoms with Crippen molar-refractivity contribution in [3.63, 3.8) is 0 Å². The number of aryl methyl sites for hydroxylation is 1. The van der Waals surface area contributed by atoms with Crippen molar-refractivity contribution < 1.29 is 9.59 Å². The number of rotatable bonds is 6. The van der Waals surface area contributed by atoms with E-state index < -0.39 is 0 Å². The zero-order chi connectivity index (χ0) is 16.8. The van der Waals surface area contributed by atoms with Crippen molar-refractivity contribution in [2.75, 3.05) is 0 Å². The van der Waals surface area contributed by atoms with Crippen molar-refractivity contribution in [3.05, 3.63) is 57.3 Å². The minimum absolute atomic E-state index is 0.0769. The van der Waals surface area contributed by atoms with E-state index >= 15 is 0 Å². The van der Waals surface area contributed by atoms with Crippen LogP contribution < -0.4 is 10.6 Å². The maximum atomic E-state index is 12.1. The second-order valence-electron chi connectivity index (χ2n) is 5.60. The molecule has 1 aromatic carbocycles. The molecule has 2 N–H and O–H groups in total. The number of hydrogen-bond donors (Lipinski definition) is 2. The maximum absolute atomic E-state index is 12.1. The highest BCUT2D eigenvalue weighted by Crippen LogP contribution is 2.15. The topological polar surface area (TPSA) is 58.2 Å². The summed E-state index contributed by atoms with van der Waals surface area (Å²) in [7, 11) is 0. The molecule has 122 valence electrons. The average molecular weight is 330 g/mol. The van der Waals surface area contributed by atoms with Crippen LogP contribution in [0.1, 0.15) is 51.4 Å². The molecule has 5 heteroatoms. The van der Waals surface area contributed by atoms with E-state index in [9.17, 15) is 9.59 Å². The molecule has 2 amide bonds. The standard InChI is InChI=1S/C18H22N2O2S/c1-4-13(3)20-17(21)15-7-5-6-14(10-15)11-19-18(22)16-12(2)8-9-23-16/h5-10,13H,4,11H2,1-3H3,(H,19,22)(H,20,21). The van der Waals surface area contributed by atoms with Gasteiger partial charge < -0.3 is 10.6 Å². The van der Waals surface area contributed by atoms with Gasteiger partial charge in [-0.15, -0.1) is 11.3 Å². The normalized spacial score (nSPS) is 11.8. The van der Waals surface area contributed by atoms with Crippen molar-refractivity contribution in [1.82, 2.24) is 10.6 Å². The van der Waals surface area contributed by atoms with Crippen molar-refractivity contribution in [3.8, 4) is 0 Å². The summed E-state index contributed by atoms with van der Waals surface area (Å²) in [6, 6.07) is 9.42. The molecule has 0 aliphatic heterocycles. The Kier molecular flexibility index (Phi) is 5.93. The van der Waals surface area contributed by atoms with Crippen LogP contribution in [0.2, 0.25) is 0 Å². The van der Waals surface area contributed by atoms with Crippen LogP contribution in [-0.2, 0) is 6.54 Å². The van der Waals surface area contributed by atoms with E-state index in [0.717, 1.165) is 22.4 Å². The Labute approximate surface area is 140 Å². The average Bonchev–Trinajstić information content (AvgIpc) is 2.98. The molecule has 0 radical (unpaired) electrons. The molecule has 1 aromatic heterocycles. The Morgan fingerprint density at radius 3 is 2.65 bits per heavy atom. The van der Waals surface area contributed by atoms with Gasteiger partial charge in [-0.1, -0.05) is 19.1 Å². The molecule has 0 saturated carbocycles. The number of amides is 2. The van der Waals surface area contributed by atoms with Crippen LogP contribution in [0.25, 0.3) is 0 Å². The molecule has 23 heavy (non-hydrogen) atoms. The minimum atomic E-state index is -0.0818. The molecule has 0 saturated heterocycles. The third-order valence-electron chi connectivity index (χ3n) is 3.70. The molecule has 0 spiro atoms. The molecular weight excluding hydrogens is 308 g/mol. The van der Waals surface area contributed by atoms with E-state index in [-0.39, 0.29) is 17.9 Å². The van der Waals surface area contributed by atoms with Gasteiger partial charge in [-0.25, -0.2) is 0 Å². The van der Waals surface area contributed by atoms with Crippen molar-refractivity contribution >= 4 is 23.2 Å². The Bertz CT molecular complexity index is 694. The van der Waals surface area contributed by atoms with Gasteiger partial charge >= 0.3 is 0 Å². The summed E-state index contributed by atoms with van der Waals surface area (Å²) < 4.78 is 0. The number of nitrogens with one attached hydrogen (secondary N) is 2. The molecule has 0 aliphatic carbocycles. The van der Waals surface area contributed by atoms with Crippen molar-refractivity contribution in [2.45, 2.75) is 39.8 Å². The predicted molar refractivity (Wildman–Crippen MR) is 93.9 cm³/mol. The molecule has 2 aromatic rings. The third kappa shape index (κ3) is 4.66. The smallest absolute Gasteiger partial charge is 0.261 e. The van der Waals surface area contributed by atoms with E-state index in [2.05, 4.69) is 10.6 Å². The van der Waals surface area contributed by atoms with E-state index in [4.69, 9.17) is 0 Å². The molecule has 1 atom stereocenters. The fourth-order valence-electron chi connectivity index (χ4n) is 2.10. The van der Waals surface area contributed by atoms with Gasteiger partial charge in [-0.3, -0.25) is 9.59 Å². The Morgan fingerprint density at radius 2 is 2.00 bits per heavy atom. The van der Waals surface area contributed by atoms with Crippen LogP contribution in [0.4, 0.5) is 0 Å². The molecular formula is C18H22N2O2S. The highest BCUT2D eigenvalue weighted by Gasteiger charge is 2.11. The Balaban J connectivity index is 1.99. The lowest BCUT2D eigenvalue weighted by atomic mass is 10.1. The summed E-state index contributed by atoms with van der Waals surface area (Å²) in [5.74, 6) is -0.159. The van der Waals surface area contributed by atoms with E-state index in [0.29, 0.717) is 12.1 Å². The van der Waals surface area contributed by atoms with Crippen LogP contribution in [0.15, 0.2) is 35.7 Å². The zero-order valence-electron chi connectivity index (χ0n) is 13.7. The van der Waals surface area contributed by atoms with Crippen molar-refractivity contribution in [2.24, 2.45) is 0 Å². The van der Waals surface area contributed by atoms with Crippen molar-refractivity contribution in [1.29, 1.82) is 0 Å². The van der Waals surface area contributed by atoms with Gasteiger partial charge in [-0.2, -0.15) is 0 Å². The van der Waals surface area contributed by atoms with E-state index in [1.165, 1.54) is 11.3 Å². The number of carbonyl (C=O) groups excluding carboxylic acids is 2. The van der Waals surface area contributed by atoms with Gasteiger partial charge in [0.25, 0.3) is 11.8 Å². The zero-order valence-corrected chi connectivity index (χ0v) is 14.5. The highest BCUT2D eigenvalue weighted by molar-refractivity contribution is 7.12. The number of carbonyl (C=O) groups is 2. The number of thiophene rings is 1. The second kappa shape index (κ2) is 7.92. The van der Waals surface area contributed by atoms with Crippen LogP contribution in [-0.4, -0.2) is 17.9 Å². The van der Waals surface area contributed by atoms with Gasteiger partial charge in [0.1, 0.15) is 0 Å². The van der Waals surface area contributed by atoms with Crippen LogP contribution >= 0.6 is 11.3 Å². The molecule has 4 nitrogen and oxygen atoms in total. The first-order valence-corrected chi connectivity index (χ1v) is 8.61. The summed E-state index contributed by atoms with van der Waals surface area (Å²) >= 11 is 1.43. The SMILES string of the molecule is CCC(C)NC(=O)c1cccc(CNC(=O)c2sccc2C)c1. The summed E-state index contributed by atoms with van der Waals surface area (Å²) in [4.78, 5) is 25.0. The summed E-state index contributed by atoms with van der Waals surface area (Å²) in [5, 5.41) is 7.75. The van der Waals surface area contributed by atoms with Crippen LogP contribution in [0.3, 0.4) is 0 Å². The largest absolute Gasteiger partial charge is 0.350 e. The molecule has 2 rings (SSSR count). The minimum Gasteiger partial charge on any atom is -0.350 e. The van der Waals surface area contributed by atoms with Crippen LogP contribution in [0, 0.1) is 6.92 Å². The van der Waals surface area contributed by atoms with Gasteiger partial charge in [0.05, 0.1) is 4.88 Å². The van der Waals surface area contributed by atoms with Gasteiger partial charge in [0.2, 0.25) is 0 Å². The fourth-order valence-corrected chi connectivity index (χ4v) is 2.94.